The highest BCUT2D eigenvalue weighted by molar-refractivity contribution is 5.80. The van der Waals surface area contributed by atoms with Gasteiger partial charge in [-0.25, -0.2) is 0 Å². The van der Waals surface area contributed by atoms with E-state index >= 15 is 0 Å². The fourth-order valence-corrected chi connectivity index (χ4v) is 1.77. The molecule has 2 unspecified atom stereocenters. The summed E-state index contributed by atoms with van der Waals surface area (Å²) in [6.07, 6.45) is 5.49. The van der Waals surface area contributed by atoms with Crippen LogP contribution >= 0.6 is 0 Å². The summed E-state index contributed by atoms with van der Waals surface area (Å²) in [7, 11) is 0. The molecule has 15 heavy (non-hydrogen) atoms. The molecule has 2 heterocycles. The van der Waals surface area contributed by atoms with E-state index in [2.05, 4.69) is 10.3 Å². The van der Waals surface area contributed by atoms with Crippen molar-refractivity contribution in [1.82, 2.24) is 10.3 Å². The SMILES string of the molecule is CC1CCC(C(=O)NCc2cc[nH]c2)O1. The van der Waals surface area contributed by atoms with Crippen LogP contribution < -0.4 is 5.32 Å². The van der Waals surface area contributed by atoms with E-state index in [9.17, 15) is 4.79 Å². The van der Waals surface area contributed by atoms with Crippen LogP contribution in [0.5, 0.6) is 0 Å². The Hall–Kier alpha value is -1.29. The zero-order valence-corrected chi connectivity index (χ0v) is 8.82. The molecule has 2 rings (SSSR count). The van der Waals surface area contributed by atoms with Crippen molar-refractivity contribution in [1.29, 1.82) is 0 Å². The third-order valence-electron chi connectivity index (χ3n) is 2.65. The number of rotatable bonds is 3. The van der Waals surface area contributed by atoms with Gasteiger partial charge in [-0.3, -0.25) is 4.79 Å². The number of carbonyl (C=O) groups is 1. The molecular formula is C11H16N2O2. The molecule has 2 N–H and O–H groups in total. The Morgan fingerprint density at radius 2 is 2.53 bits per heavy atom. The Morgan fingerprint density at radius 1 is 1.67 bits per heavy atom. The number of hydrogen-bond acceptors (Lipinski definition) is 2. The van der Waals surface area contributed by atoms with Crippen molar-refractivity contribution in [2.45, 2.75) is 38.5 Å². The molecule has 1 aliphatic rings. The van der Waals surface area contributed by atoms with Crippen LogP contribution in [0, 0.1) is 0 Å². The van der Waals surface area contributed by atoms with Crippen LogP contribution in [-0.4, -0.2) is 23.1 Å². The first-order valence-corrected chi connectivity index (χ1v) is 5.30. The van der Waals surface area contributed by atoms with E-state index < -0.39 is 0 Å². The van der Waals surface area contributed by atoms with Crippen LogP contribution in [0.25, 0.3) is 0 Å². The van der Waals surface area contributed by atoms with Crippen molar-refractivity contribution in [3.63, 3.8) is 0 Å². The molecule has 82 valence electrons. The zero-order valence-electron chi connectivity index (χ0n) is 8.82. The zero-order chi connectivity index (χ0) is 10.7. The predicted octanol–water partition coefficient (Wildman–Crippen LogP) is 1.20. The monoisotopic (exact) mass is 208 g/mol. The van der Waals surface area contributed by atoms with Gasteiger partial charge in [0.05, 0.1) is 6.10 Å². The smallest absolute Gasteiger partial charge is 0.249 e. The van der Waals surface area contributed by atoms with E-state index in [-0.39, 0.29) is 18.1 Å². The second-order valence-corrected chi connectivity index (χ2v) is 3.95. The van der Waals surface area contributed by atoms with Gasteiger partial charge in [0, 0.05) is 18.9 Å². The molecule has 0 spiro atoms. The molecule has 0 saturated carbocycles. The second kappa shape index (κ2) is 4.49. The molecule has 4 nitrogen and oxygen atoms in total. The number of H-pyrrole nitrogens is 1. The lowest BCUT2D eigenvalue weighted by Crippen LogP contribution is -2.34. The Bertz CT molecular complexity index is 321. The fraction of sp³-hybridized carbons (Fsp3) is 0.545. The molecule has 1 saturated heterocycles. The lowest BCUT2D eigenvalue weighted by Gasteiger charge is -2.10. The van der Waals surface area contributed by atoms with E-state index in [0.717, 1.165) is 18.4 Å². The van der Waals surface area contributed by atoms with Gasteiger partial charge in [-0.15, -0.1) is 0 Å². The Morgan fingerprint density at radius 3 is 3.13 bits per heavy atom. The number of aromatic nitrogens is 1. The first-order chi connectivity index (χ1) is 7.25. The van der Waals surface area contributed by atoms with Crippen molar-refractivity contribution in [2.24, 2.45) is 0 Å². The quantitative estimate of drug-likeness (QED) is 0.784. The van der Waals surface area contributed by atoms with Gasteiger partial charge in [0.15, 0.2) is 0 Å². The topological polar surface area (TPSA) is 54.1 Å². The minimum Gasteiger partial charge on any atom is -0.367 e. The summed E-state index contributed by atoms with van der Waals surface area (Å²) < 4.78 is 5.47. The molecule has 0 aromatic carbocycles. The first-order valence-electron chi connectivity index (χ1n) is 5.30. The molecular weight excluding hydrogens is 192 g/mol. The minimum absolute atomic E-state index is 0.000509. The molecule has 0 aliphatic carbocycles. The molecule has 1 aromatic rings. The Labute approximate surface area is 89.0 Å². The average molecular weight is 208 g/mol. The number of ether oxygens (including phenoxy) is 1. The maximum Gasteiger partial charge on any atom is 0.249 e. The highest BCUT2D eigenvalue weighted by Crippen LogP contribution is 2.18. The van der Waals surface area contributed by atoms with Crippen LogP contribution in [0.2, 0.25) is 0 Å². The van der Waals surface area contributed by atoms with E-state index in [4.69, 9.17) is 4.74 Å². The van der Waals surface area contributed by atoms with Gasteiger partial charge < -0.3 is 15.0 Å². The molecule has 1 amide bonds. The maximum absolute atomic E-state index is 11.6. The number of hydrogen-bond donors (Lipinski definition) is 2. The molecule has 1 fully saturated rings. The average Bonchev–Trinajstić information content (AvgIpc) is 2.84. The van der Waals surface area contributed by atoms with E-state index in [0.29, 0.717) is 6.54 Å². The van der Waals surface area contributed by atoms with Crippen LogP contribution in [0.1, 0.15) is 25.3 Å². The number of aromatic amines is 1. The lowest BCUT2D eigenvalue weighted by molar-refractivity contribution is -0.131. The standard InChI is InChI=1S/C11H16N2O2/c1-8-2-3-10(15-8)11(14)13-7-9-4-5-12-6-9/h4-6,8,10,12H,2-3,7H2,1H3,(H,13,14). The second-order valence-electron chi connectivity index (χ2n) is 3.95. The van der Waals surface area contributed by atoms with Gasteiger partial charge in [0.25, 0.3) is 0 Å². The first kappa shape index (κ1) is 10.2. The molecule has 2 atom stereocenters. The van der Waals surface area contributed by atoms with Crippen LogP contribution in [-0.2, 0) is 16.1 Å². The lowest BCUT2D eigenvalue weighted by atomic mass is 10.2. The van der Waals surface area contributed by atoms with Crippen molar-refractivity contribution in [2.75, 3.05) is 0 Å². The minimum atomic E-state index is -0.251. The van der Waals surface area contributed by atoms with Gasteiger partial charge in [-0.05, 0) is 31.4 Å². The maximum atomic E-state index is 11.6. The number of carbonyl (C=O) groups excluding carboxylic acids is 1. The van der Waals surface area contributed by atoms with Crippen molar-refractivity contribution >= 4 is 5.91 Å². The largest absolute Gasteiger partial charge is 0.367 e. The molecule has 0 radical (unpaired) electrons. The highest BCUT2D eigenvalue weighted by atomic mass is 16.5. The molecule has 1 aliphatic heterocycles. The van der Waals surface area contributed by atoms with Gasteiger partial charge in [-0.1, -0.05) is 0 Å². The van der Waals surface area contributed by atoms with E-state index in [1.165, 1.54) is 0 Å². The van der Waals surface area contributed by atoms with Crippen LogP contribution in [0.3, 0.4) is 0 Å². The van der Waals surface area contributed by atoms with Gasteiger partial charge in [0.2, 0.25) is 5.91 Å². The molecule has 1 aromatic heterocycles. The van der Waals surface area contributed by atoms with Gasteiger partial charge >= 0.3 is 0 Å². The van der Waals surface area contributed by atoms with Crippen molar-refractivity contribution < 1.29 is 9.53 Å². The summed E-state index contributed by atoms with van der Waals surface area (Å²) in [5.41, 5.74) is 1.08. The summed E-state index contributed by atoms with van der Waals surface area (Å²) in [5.74, 6) is 0.000509. The fourth-order valence-electron chi connectivity index (χ4n) is 1.77. The van der Waals surface area contributed by atoms with Gasteiger partial charge in [-0.2, -0.15) is 0 Å². The van der Waals surface area contributed by atoms with E-state index in [1.54, 1.807) is 0 Å². The summed E-state index contributed by atoms with van der Waals surface area (Å²) in [6, 6.07) is 1.94. The normalized spacial score (nSPS) is 25.4. The highest BCUT2D eigenvalue weighted by Gasteiger charge is 2.27. The van der Waals surface area contributed by atoms with E-state index in [1.807, 2.05) is 25.4 Å². The van der Waals surface area contributed by atoms with Crippen molar-refractivity contribution in [3.05, 3.63) is 24.0 Å². The van der Waals surface area contributed by atoms with Gasteiger partial charge in [0.1, 0.15) is 6.10 Å². The summed E-state index contributed by atoms with van der Waals surface area (Å²) in [5, 5.41) is 2.86. The third-order valence-corrected chi connectivity index (χ3v) is 2.65. The summed E-state index contributed by atoms with van der Waals surface area (Å²) in [6.45, 7) is 2.57. The van der Waals surface area contributed by atoms with Crippen LogP contribution in [0.15, 0.2) is 18.5 Å². The Kier molecular flexibility index (Phi) is 3.06. The summed E-state index contributed by atoms with van der Waals surface area (Å²) >= 11 is 0. The predicted molar refractivity (Wildman–Crippen MR) is 56.2 cm³/mol. The third kappa shape index (κ3) is 2.59. The van der Waals surface area contributed by atoms with Crippen LogP contribution in [0.4, 0.5) is 0 Å². The summed E-state index contributed by atoms with van der Waals surface area (Å²) in [4.78, 5) is 14.6. The van der Waals surface area contributed by atoms with Crippen molar-refractivity contribution in [3.8, 4) is 0 Å². The number of amides is 1. The molecule has 4 heteroatoms. The number of nitrogens with one attached hydrogen (secondary N) is 2. The molecule has 0 bridgehead atoms. The Balaban J connectivity index is 1.78.